The van der Waals surface area contributed by atoms with E-state index in [0.29, 0.717) is 6.01 Å². The van der Waals surface area contributed by atoms with Crippen LogP contribution in [0, 0.1) is 3.57 Å². The molecule has 0 N–H and O–H groups in total. The Hall–Kier alpha value is -1.04. The van der Waals surface area contributed by atoms with Gasteiger partial charge < -0.3 is 9.30 Å². The first kappa shape index (κ1) is 10.5. The summed E-state index contributed by atoms with van der Waals surface area (Å²) in [6.07, 6.45) is 3.65. The summed E-state index contributed by atoms with van der Waals surface area (Å²) < 4.78 is 8.79. The Morgan fingerprint density at radius 3 is 2.73 bits per heavy atom. The molecule has 0 aliphatic carbocycles. The van der Waals surface area contributed by atoms with Gasteiger partial charge in [0.05, 0.1) is 0 Å². The first-order valence-corrected chi connectivity index (χ1v) is 5.82. The van der Waals surface area contributed by atoms with E-state index in [1.807, 2.05) is 35.0 Å². The lowest BCUT2D eigenvalue weighted by Gasteiger charge is -2.06. The molecular formula is C11H11IN2O. The molecule has 1 heterocycles. The summed E-state index contributed by atoms with van der Waals surface area (Å²) in [5, 5.41) is 0. The number of rotatable bonds is 3. The van der Waals surface area contributed by atoms with Crippen molar-refractivity contribution in [2.75, 3.05) is 0 Å². The first-order chi connectivity index (χ1) is 7.29. The van der Waals surface area contributed by atoms with Gasteiger partial charge >= 0.3 is 6.01 Å². The normalized spacial score (nSPS) is 10.3. The molecule has 3 nitrogen and oxygen atoms in total. The average molecular weight is 314 g/mol. The molecule has 0 amide bonds. The number of imidazole rings is 1. The molecule has 0 saturated carbocycles. The van der Waals surface area contributed by atoms with Gasteiger partial charge in [-0.05, 0) is 53.8 Å². The Morgan fingerprint density at radius 2 is 2.07 bits per heavy atom. The van der Waals surface area contributed by atoms with Crippen molar-refractivity contribution in [1.29, 1.82) is 0 Å². The van der Waals surface area contributed by atoms with Crippen molar-refractivity contribution >= 4 is 22.6 Å². The van der Waals surface area contributed by atoms with Crippen molar-refractivity contribution < 1.29 is 4.74 Å². The molecule has 0 aliphatic heterocycles. The summed E-state index contributed by atoms with van der Waals surface area (Å²) in [6.45, 7) is 2.92. The molecular weight excluding hydrogens is 303 g/mol. The maximum Gasteiger partial charge on any atom is 0.301 e. The number of nitrogens with zero attached hydrogens (tertiary/aromatic N) is 2. The van der Waals surface area contributed by atoms with Crippen LogP contribution in [0.3, 0.4) is 0 Å². The Bertz CT molecular complexity index is 436. The zero-order valence-electron chi connectivity index (χ0n) is 8.35. The standard InChI is InChI=1S/C11H11IN2O/c1-2-14-8-7-13-11(14)15-10-5-3-9(12)4-6-10/h3-8H,2H2,1H3. The summed E-state index contributed by atoms with van der Waals surface area (Å²) in [5.74, 6) is 0.816. The Labute approximate surface area is 102 Å². The van der Waals surface area contributed by atoms with Crippen molar-refractivity contribution in [3.8, 4) is 11.8 Å². The van der Waals surface area contributed by atoms with Gasteiger partial charge in [0.2, 0.25) is 0 Å². The zero-order valence-corrected chi connectivity index (χ0v) is 10.5. The summed E-state index contributed by atoms with van der Waals surface area (Å²) in [7, 11) is 0. The van der Waals surface area contributed by atoms with E-state index in [0.717, 1.165) is 12.3 Å². The average Bonchev–Trinajstić information content (AvgIpc) is 2.69. The van der Waals surface area contributed by atoms with Crippen molar-refractivity contribution in [2.45, 2.75) is 13.5 Å². The smallest absolute Gasteiger partial charge is 0.301 e. The van der Waals surface area contributed by atoms with E-state index in [-0.39, 0.29) is 0 Å². The highest BCUT2D eigenvalue weighted by Crippen LogP contribution is 2.20. The zero-order chi connectivity index (χ0) is 10.7. The summed E-state index contributed by atoms with van der Waals surface area (Å²) in [4.78, 5) is 4.14. The second kappa shape index (κ2) is 4.65. The van der Waals surface area contributed by atoms with Gasteiger partial charge in [0, 0.05) is 22.5 Å². The number of hydrogen-bond donors (Lipinski definition) is 0. The minimum atomic E-state index is 0.638. The maximum atomic E-state index is 5.64. The number of ether oxygens (including phenoxy) is 1. The van der Waals surface area contributed by atoms with E-state index in [2.05, 4.69) is 34.5 Å². The molecule has 0 aliphatic rings. The monoisotopic (exact) mass is 314 g/mol. The van der Waals surface area contributed by atoms with Crippen LogP contribution in [0.4, 0.5) is 0 Å². The number of aromatic nitrogens is 2. The summed E-state index contributed by atoms with van der Waals surface area (Å²) >= 11 is 2.26. The highest BCUT2D eigenvalue weighted by Gasteiger charge is 2.03. The fourth-order valence-electron chi connectivity index (χ4n) is 1.25. The Kier molecular flexibility index (Phi) is 3.25. The van der Waals surface area contributed by atoms with Crippen LogP contribution < -0.4 is 4.74 Å². The van der Waals surface area contributed by atoms with Crippen molar-refractivity contribution in [3.63, 3.8) is 0 Å². The molecule has 0 atom stereocenters. The third kappa shape index (κ3) is 2.50. The highest BCUT2D eigenvalue weighted by molar-refractivity contribution is 14.1. The van der Waals surface area contributed by atoms with Crippen LogP contribution in [0.5, 0.6) is 11.8 Å². The van der Waals surface area contributed by atoms with Crippen LogP contribution in [0.15, 0.2) is 36.7 Å². The van der Waals surface area contributed by atoms with Crippen molar-refractivity contribution in [3.05, 3.63) is 40.2 Å². The second-order valence-electron chi connectivity index (χ2n) is 3.05. The second-order valence-corrected chi connectivity index (χ2v) is 4.30. The van der Waals surface area contributed by atoms with Crippen LogP contribution in [0.25, 0.3) is 0 Å². The fourth-order valence-corrected chi connectivity index (χ4v) is 1.61. The van der Waals surface area contributed by atoms with Crippen LogP contribution in [-0.4, -0.2) is 9.55 Å². The molecule has 0 unspecified atom stereocenters. The topological polar surface area (TPSA) is 27.1 Å². The van der Waals surface area contributed by atoms with E-state index in [1.165, 1.54) is 3.57 Å². The SMILES string of the molecule is CCn1ccnc1Oc1ccc(I)cc1. The third-order valence-corrected chi connectivity index (χ3v) is 2.76. The first-order valence-electron chi connectivity index (χ1n) is 4.74. The largest absolute Gasteiger partial charge is 0.426 e. The predicted octanol–water partition coefficient (Wildman–Crippen LogP) is 3.30. The fraction of sp³-hybridized carbons (Fsp3) is 0.182. The van der Waals surface area contributed by atoms with Gasteiger partial charge in [-0.1, -0.05) is 0 Å². The molecule has 0 saturated heterocycles. The van der Waals surface area contributed by atoms with Crippen molar-refractivity contribution in [1.82, 2.24) is 9.55 Å². The molecule has 15 heavy (non-hydrogen) atoms. The molecule has 2 rings (SSSR count). The van der Waals surface area contributed by atoms with E-state index < -0.39 is 0 Å². The lowest BCUT2D eigenvalue weighted by atomic mass is 10.3. The van der Waals surface area contributed by atoms with E-state index in [1.54, 1.807) is 6.20 Å². The van der Waals surface area contributed by atoms with E-state index in [4.69, 9.17) is 4.74 Å². The Balaban J connectivity index is 2.18. The van der Waals surface area contributed by atoms with Crippen LogP contribution in [0.1, 0.15) is 6.92 Å². The van der Waals surface area contributed by atoms with Gasteiger partial charge in [-0.3, -0.25) is 0 Å². The molecule has 78 valence electrons. The number of hydrogen-bond acceptors (Lipinski definition) is 2. The molecule has 1 aromatic carbocycles. The summed E-state index contributed by atoms with van der Waals surface area (Å²) in [5.41, 5.74) is 0. The van der Waals surface area contributed by atoms with E-state index >= 15 is 0 Å². The van der Waals surface area contributed by atoms with Gasteiger partial charge in [0.1, 0.15) is 5.75 Å². The van der Waals surface area contributed by atoms with Crippen LogP contribution in [-0.2, 0) is 6.54 Å². The molecule has 0 spiro atoms. The minimum absolute atomic E-state index is 0.638. The van der Waals surface area contributed by atoms with Gasteiger partial charge in [-0.2, -0.15) is 0 Å². The molecule has 4 heteroatoms. The quantitative estimate of drug-likeness (QED) is 0.813. The predicted molar refractivity (Wildman–Crippen MR) is 67.1 cm³/mol. The maximum absolute atomic E-state index is 5.64. The number of aryl methyl sites for hydroxylation is 1. The van der Waals surface area contributed by atoms with Gasteiger partial charge in [-0.15, -0.1) is 0 Å². The lowest BCUT2D eigenvalue weighted by Crippen LogP contribution is -1.96. The highest BCUT2D eigenvalue weighted by atomic mass is 127. The third-order valence-electron chi connectivity index (χ3n) is 2.04. The van der Waals surface area contributed by atoms with Crippen molar-refractivity contribution in [2.24, 2.45) is 0 Å². The number of halogens is 1. The van der Waals surface area contributed by atoms with E-state index in [9.17, 15) is 0 Å². The number of benzene rings is 1. The minimum Gasteiger partial charge on any atom is -0.426 e. The molecule has 0 radical (unpaired) electrons. The molecule has 1 aromatic heterocycles. The lowest BCUT2D eigenvalue weighted by molar-refractivity contribution is 0.415. The van der Waals surface area contributed by atoms with Gasteiger partial charge in [0.25, 0.3) is 0 Å². The van der Waals surface area contributed by atoms with Gasteiger partial charge in [0.15, 0.2) is 0 Å². The van der Waals surface area contributed by atoms with Crippen LogP contribution >= 0.6 is 22.6 Å². The Morgan fingerprint density at radius 1 is 1.33 bits per heavy atom. The van der Waals surface area contributed by atoms with Gasteiger partial charge in [-0.25, -0.2) is 4.98 Å². The molecule has 0 bridgehead atoms. The molecule has 0 fully saturated rings. The molecule has 2 aromatic rings. The van der Waals surface area contributed by atoms with Crippen LogP contribution in [0.2, 0.25) is 0 Å². The summed E-state index contributed by atoms with van der Waals surface area (Å²) in [6, 6.07) is 8.54.